The second kappa shape index (κ2) is 5.15. The van der Waals surface area contributed by atoms with Crippen LogP contribution in [0.2, 0.25) is 0 Å². The van der Waals surface area contributed by atoms with Crippen LogP contribution in [0.25, 0.3) is 5.57 Å². The maximum Gasteiger partial charge on any atom is 0.337 e. The zero-order chi connectivity index (χ0) is 12.3. The van der Waals surface area contributed by atoms with Crippen molar-refractivity contribution in [2.45, 2.75) is 25.4 Å². The Morgan fingerprint density at radius 2 is 2.06 bits per heavy atom. The Labute approximate surface area is 101 Å². The minimum absolute atomic E-state index is 0.325. The van der Waals surface area contributed by atoms with Gasteiger partial charge in [0.05, 0.1) is 18.8 Å². The fraction of sp³-hybridized carbons (Fsp3) is 0.357. The molecule has 0 radical (unpaired) electrons. The molecular formula is C14H16O3. The predicted molar refractivity (Wildman–Crippen MR) is 65.6 cm³/mol. The molecule has 0 saturated heterocycles. The van der Waals surface area contributed by atoms with Crippen molar-refractivity contribution in [3.63, 3.8) is 0 Å². The summed E-state index contributed by atoms with van der Waals surface area (Å²) in [6.07, 6.45) is 4.39. The first-order valence-corrected chi connectivity index (χ1v) is 5.78. The van der Waals surface area contributed by atoms with Crippen LogP contribution in [0.3, 0.4) is 0 Å². The van der Waals surface area contributed by atoms with Crippen molar-refractivity contribution in [3.05, 3.63) is 41.5 Å². The van der Waals surface area contributed by atoms with Gasteiger partial charge in [-0.3, -0.25) is 0 Å². The van der Waals surface area contributed by atoms with E-state index < -0.39 is 0 Å². The fourth-order valence-electron chi connectivity index (χ4n) is 2.08. The Hall–Kier alpha value is -1.61. The summed E-state index contributed by atoms with van der Waals surface area (Å²) in [5.41, 5.74) is 2.77. The van der Waals surface area contributed by atoms with E-state index in [4.69, 9.17) is 0 Å². The van der Waals surface area contributed by atoms with Crippen molar-refractivity contribution >= 4 is 11.5 Å². The predicted octanol–water partition coefficient (Wildman–Crippen LogP) is 2.40. The molecule has 0 aliphatic heterocycles. The first-order chi connectivity index (χ1) is 8.20. The van der Waals surface area contributed by atoms with Gasteiger partial charge in [0.25, 0.3) is 0 Å². The van der Waals surface area contributed by atoms with Crippen molar-refractivity contribution in [2.24, 2.45) is 0 Å². The molecule has 1 unspecified atom stereocenters. The molecule has 90 valence electrons. The first kappa shape index (κ1) is 11.9. The fourth-order valence-corrected chi connectivity index (χ4v) is 2.08. The minimum Gasteiger partial charge on any atom is -0.465 e. The molecule has 1 aromatic carbocycles. The highest BCUT2D eigenvalue weighted by Gasteiger charge is 2.12. The molecular weight excluding hydrogens is 216 g/mol. The number of benzene rings is 1. The van der Waals surface area contributed by atoms with E-state index in [0.717, 1.165) is 30.4 Å². The molecule has 0 aromatic heterocycles. The Balaban J connectivity index is 2.20. The third-order valence-corrected chi connectivity index (χ3v) is 3.02. The summed E-state index contributed by atoms with van der Waals surface area (Å²) in [5.74, 6) is -0.325. The van der Waals surface area contributed by atoms with Gasteiger partial charge >= 0.3 is 5.97 Å². The second-order valence-electron chi connectivity index (χ2n) is 4.22. The highest BCUT2D eigenvalue weighted by atomic mass is 16.5. The number of ether oxygens (including phenoxy) is 1. The van der Waals surface area contributed by atoms with Crippen LogP contribution in [0.5, 0.6) is 0 Å². The van der Waals surface area contributed by atoms with Gasteiger partial charge in [0.2, 0.25) is 0 Å². The van der Waals surface area contributed by atoms with E-state index in [0.29, 0.717) is 5.56 Å². The molecule has 1 N–H and O–H groups in total. The average Bonchev–Trinajstić information content (AvgIpc) is 2.38. The third-order valence-electron chi connectivity index (χ3n) is 3.02. The van der Waals surface area contributed by atoms with Crippen molar-refractivity contribution in [1.82, 2.24) is 0 Å². The number of carbonyl (C=O) groups is 1. The average molecular weight is 232 g/mol. The third kappa shape index (κ3) is 2.74. The number of carbonyl (C=O) groups excluding carboxylic acids is 1. The normalized spacial score (nSPS) is 19.6. The van der Waals surface area contributed by atoms with E-state index in [2.05, 4.69) is 4.74 Å². The SMILES string of the molecule is COC(=O)c1ccc(C2=CC(O)CCC2)cc1. The Morgan fingerprint density at radius 1 is 1.35 bits per heavy atom. The number of hydrogen-bond donors (Lipinski definition) is 1. The van der Waals surface area contributed by atoms with Gasteiger partial charge in [-0.25, -0.2) is 4.79 Å². The lowest BCUT2D eigenvalue weighted by Crippen LogP contribution is -2.08. The number of esters is 1. The Bertz CT molecular complexity index is 431. The molecule has 1 aliphatic rings. The van der Waals surface area contributed by atoms with Crippen LogP contribution in [0.4, 0.5) is 0 Å². The number of aliphatic hydroxyl groups excluding tert-OH is 1. The maximum atomic E-state index is 11.3. The molecule has 1 atom stereocenters. The first-order valence-electron chi connectivity index (χ1n) is 5.78. The largest absolute Gasteiger partial charge is 0.465 e. The zero-order valence-corrected chi connectivity index (χ0v) is 9.85. The minimum atomic E-state index is -0.334. The monoisotopic (exact) mass is 232 g/mol. The van der Waals surface area contributed by atoms with Crippen LogP contribution < -0.4 is 0 Å². The highest BCUT2D eigenvalue weighted by Crippen LogP contribution is 2.27. The molecule has 0 fully saturated rings. The molecule has 0 saturated carbocycles. The second-order valence-corrected chi connectivity index (χ2v) is 4.22. The van der Waals surface area contributed by atoms with Gasteiger partial charge in [-0.05, 0) is 42.5 Å². The van der Waals surface area contributed by atoms with Gasteiger partial charge in [0.1, 0.15) is 0 Å². The molecule has 0 spiro atoms. The summed E-state index contributed by atoms with van der Waals surface area (Å²) in [6.45, 7) is 0. The quantitative estimate of drug-likeness (QED) is 0.796. The molecule has 0 heterocycles. The van der Waals surface area contributed by atoms with Crippen LogP contribution in [-0.2, 0) is 4.74 Å². The van der Waals surface area contributed by atoms with E-state index in [1.165, 1.54) is 7.11 Å². The molecule has 2 rings (SSSR count). The Morgan fingerprint density at radius 3 is 2.65 bits per heavy atom. The van der Waals surface area contributed by atoms with Crippen molar-refractivity contribution < 1.29 is 14.6 Å². The van der Waals surface area contributed by atoms with Crippen LogP contribution >= 0.6 is 0 Å². The van der Waals surface area contributed by atoms with E-state index in [1.807, 2.05) is 18.2 Å². The van der Waals surface area contributed by atoms with Crippen molar-refractivity contribution in [3.8, 4) is 0 Å². The Kier molecular flexibility index (Phi) is 3.59. The summed E-state index contributed by atoms with van der Waals surface area (Å²) in [5, 5.41) is 9.57. The zero-order valence-electron chi connectivity index (χ0n) is 9.85. The van der Waals surface area contributed by atoms with Gasteiger partial charge in [0, 0.05) is 0 Å². The molecule has 1 aliphatic carbocycles. The summed E-state index contributed by atoms with van der Waals surface area (Å²) in [7, 11) is 1.37. The molecule has 0 amide bonds. The van der Waals surface area contributed by atoms with E-state index in [-0.39, 0.29) is 12.1 Å². The number of allylic oxidation sites excluding steroid dienone is 1. The van der Waals surface area contributed by atoms with E-state index in [1.54, 1.807) is 12.1 Å². The number of aliphatic hydroxyl groups is 1. The number of rotatable bonds is 2. The number of hydrogen-bond acceptors (Lipinski definition) is 3. The van der Waals surface area contributed by atoms with Crippen molar-refractivity contribution in [2.75, 3.05) is 7.11 Å². The molecule has 3 heteroatoms. The summed E-state index contributed by atoms with van der Waals surface area (Å²) >= 11 is 0. The standard InChI is InChI=1S/C14H16O3/c1-17-14(16)11-7-5-10(6-8-11)12-3-2-4-13(15)9-12/h5-9,13,15H,2-4H2,1H3. The van der Waals surface area contributed by atoms with Crippen molar-refractivity contribution in [1.29, 1.82) is 0 Å². The lowest BCUT2D eigenvalue weighted by Gasteiger charge is -2.17. The molecule has 1 aromatic rings. The smallest absolute Gasteiger partial charge is 0.337 e. The lowest BCUT2D eigenvalue weighted by molar-refractivity contribution is 0.0600. The van der Waals surface area contributed by atoms with Gasteiger partial charge in [-0.15, -0.1) is 0 Å². The maximum absolute atomic E-state index is 11.3. The lowest BCUT2D eigenvalue weighted by atomic mass is 9.92. The van der Waals surface area contributed by atoms with E-state index in [9.17, 15) is 9.90 Å². The topological polar surface area (TPSA) is 46.5 Å². The molecule has 17 heavy (non-hydrogen) atoms. The van der Waals surface area contributed by atoms with Gasteiger partial charge < -0.3 is 9.84 Å². The van der Waals surface area contributed by atoms with Crippen LogP contribution in [0.15, 0.2) is 30.3 Å². The summed E-state index contributed by atoms with van der Waals surface area (Å²) < 4.78 is 4.65. The van der Waals surface area contributed by atoms with Gasteiger partial charge in [0.15, 0.2) is 0 Å². The van der Waals surface area contributed by atoms with Crippen LogP contribution in [-0.4, -0.2) is 24.3 Å². The highest BCUT2D eigenvalue weighted by molar-refractivity contribution is 5.89. The van der Waals surface area contributed by atoms with Crippen LogP contribution in [0, 0.1) is 0 Å². The molecule has 0 bridgehead atoms. The van der Waals surface area contributed by atoms with Gasteiger partial charge in [-0.2, -0.15) is 0 Å². The summed E-state index contributed by atoms with van der Waals surface area (Å²) in [4.78, 5) is 11.3. The molecule has 3 nitrogen and oxygen atoms in total. The summed E-state index contributed by atoms with van der Waals surface area (Å²) in [6, 6.07) is 7.30. The van der Waals surface area contributed by atoms with Crippen LogP contribution in [0.1, 0.15) is 35.2 Å². The van der Waals surface area contributed by atoms with E-state index >= 15 is 0 Å². The number of methoxy groups -OCH3 is 1. The van der Waals surface area contributed by atoms with Gasteiger partial charge in [-0.1, -0.05) is 18.2 Å².